The van der Waals surface area contributed by atoms with E-state index in [1.807, 2.05) is 43.3 Å². The molecule has 22 heavy (non-hydrogen) atoms. The van der Waals surface area contributed by atoms with E-state index in [1.165, 1.54) is 11.6 Å². The van der Waals surface area contributed by atoms with Crippen molar-refractivity contribution in [3.63, 3.8) is 0 Å². The molecule has 0 unspecified atom stereocenters. The summed E-state index contributed by atoms with van der Waals surface area (Å²) in [6.07, 6.45) is 2.63. The van der Waals surface area contributed by atoms with E-state index < -0.39 is 5.97 Å². The predicted octanol–water partition coefficient (Wildman–Crippen LogP) is 5.20. The van der Waals surface area contributed by atoms with Crippen LogP contribution in [0.2, 0.25) is 0 Å². The third-order valence-electron chi connectivity index (χ3n) is 2.94. The Morgan fingerprint density at radius 2 is 1.77 bits per heavy atom. The highest BCUT2D eigenvalue weighted by atomic mass is 79.9. The lowest BCUT2D eigenvalue weighted by atomic mass is 10.1. The quantitative estimate of drug-likeness (QED) is 0.670. The third kappa shape index (κ3) is 4.71. The van der Waals surface area contributed by atoms with Crippen molar-refractivity contribution in [2.75, 3.05) is 0 Å². The highest BCUT2D eigenvalue weighted by Crippen LogP contribution is 2.35. The number of ether oxygens (including phenoxy) is 1. The minimum atomic E-state index is -0.980. The van der Waals surface area contributed by atoms with Gasteiger partial charge in [-0.15, -0.1) is 0 Å². The van der Waals surface area contributed by atoms with Gasteiger partial charge in [0.25, 0.3) is 0 Å². The van der Waals surface area contributed by atoms with Gasteiger partial charge in [-0.3, -0.25) is 0 Å². The fourth-order valence-electron chi connectivity index (χ4n) is 1.82. The van der Waals surface area contributed by atoms with Crippen molar-refractivity contribution in [1.29, 1.82) is 0 Å². The number of rotatable bonds is 5. The fraction of sp³-hybridized carbons (Fsp3) is 0.118. The van der Waals surface area contributed by atoms with Crippen molar-refractivity contribution in [1.82, 2.24) is 0 Å². The number of aliphatic carboxylic acids is 1. The van der Waals surface area contributed by atoms with Crippen LogP contribution in [0, 0.1) is 6.92 Å². The predicted molar refractivity (Wildman–Crippen MR) is 94.0 cm³/mol. The SMILES string of the molecule is Cc1ccc(COc2c(Br)cc(C=CC(=O)O)cc2Br)cc1. The smallest absolute Gasteiger partial charge is 0.328 e. The van der Waals surface area contributed by atoms with Crippen molar-refractivity contribution >= 4 is 43.9 Å². The zero-order valence-corrected chi connectivity index (χ0v) is 15.0. The van der Waals surface area contributed by atoms with Crippen LogP contribution in [0.15, 0.2) is 51.4 Å². The van der Waals surface area contributed by atoms with Gasteiger partial charge in [-0.25, -0.2) is 4.79 Å². The first-order valence-corrected chi connectivity index (χ1v) is 8.12. The summed E-state index contributed by atoms with van der Waals surface area (Å²) in [4.78, 5) is 10.6. The van der Waals surface area contributed by atoms with Crippen LogP contribution in [0.5, 0.6) is 5.75 Å². The molecule has 0 atom stereocenters. The summed E-state index contributed by atoms with van der Waals surface area (Å²) in [5.41, 5.74) is 3.06. The molecule has 0 radical (unpaired) electrons. The van der Waals surface area contributed by atoms with E-state index in [0.29, 0.717) is 12.4 Å². The highest BCUT2D eigenvalue weighted by Gasteiger charge is 2.08. The Morgan fingerprint density at radius 3 is 2.32 bits per heavy atom. The molecule has 0 saturated heterocycles. The molecule has 0 aliphatic heterocycles. The summed E-state index contributed by atoms with van der Waals surface area (Å²) in [6, 6.07) is 11.8. The van der Waals surface area contributed by atoms with Crippen LogP contribution in [0.4, 0.5) is 0 Å². The molecule has 114 valence electrons. The van der Waals surface area contributed by atoms with Crippen LogP contribution in [0.1, 0.15) is 16.7 Å². The molecule has 5 heteroatoms. The van der Waals surface area contributed by atoms with Crippen LogP contribution >= 0.6 is 31.9 Å². The minimum Gasteiger partial charge on any atom is -0.487 e. The summed E-state index contributed by atoms with van der Waals surface area (Å²) >= 11 is 6.91. The van der Waals surface area contributed by atoms with E-state index in [1.54, 1.807) is 0 Å². The van der Waals surface area contributed by atoms with Crippen molar-refractivity contribution in [3.8, 4) is 5.75 Å². The molecule has 0 saturated carbocycles. The molecule has 0 aliphatic carbocycles. The van der Waals surface area contributed by atoms with Crippen molar-refractivity contribution in [2.24, 2.45) is 0 Å². The molecule has 0 spiro atoms. The largest absolute Gasteiger partial charge is 0.487 e. The van der Waals surface area contributed by atoms with Crippen LogP contribution in [0.3, 0.4) is 0 Å². The Bertz CT molecular complexity index is 683. The summed E-state index contributed by atoms with van der Waals surface area (Å²) < 4.78 is 7.37. The van der Waals surface area contributed by atoms with E-state index in [2.05, 4.69) is 31.9 Å². The van der Waals surface area contributed by atoms with E-state index in [0.717, 1.165) is 26.1 Å². The maximum Gasteiger partial charge on any atom is 0.328 e. The first-order valence-electron chi connectivity index (χ1n) is 6.54. The number of hydrogen-bond acceptors (Lipinski definition) is 2. The van der Waals surface area contributed by atoms with E-state index in [4.69, 9.17) is 9.84 Å². The van der Waals surface area contributed by atoms with E-state index in [-0.39, 0.29) is 0 Å². The molecule has 0 aliphatic rings. The first-order chi connectivity index (χ1) is 10.5. The van der Waals surface area contributed by atoms with Crippen LogP contribution in [0.25, 0.3) is 6.08 Å². The lowest BCUT2D eigenvalue weighted by Crippen LogP contribution is -1.97. The average molecular weight is 426 g/mol. The number of carbonyl (C=O) groups is 1. The van der Waals surface area contributed by atoms with Gasteiger partial charge in [-0.2, -0.15) is 0 Å². The molecule has 0 aromatic heterocycles. The van der Waals surface area contributed by atoms with Gasteiger partial charge in [0.1, 0.15) is 12.4 Å². The Kier molecular flexibility index (Phi) is 5.80. The van der Waals surface area contributed by atoms with Crippen LogP contribution in [-0.4, -0.2) is 11.1 Å². The van der Waals surface area contributed by atoms with Crippen molar-refractivity contribution in [3.05, 3.63) is 68.1 Å². The lowest BCUT2D eigenvalue weighted by Gasteiger charge is -2.11. The molecule has 2 aromatic rings. The molecule has 0 amide bonds. The van der Waals surface area contributed by atoms with Gasteiger partial charge in [0.15, 0.2) is 0 Å². The van der Waals surface area contributed by atoms with Crippen LogP contribution < -0.4 is 4.74 Å². The minimum absolute atomic E-state index is 0.460. The van der Waals surface area contributed by atoms with Gasteiger partial charge in [0.2, 0.25) is 0 Å². The third-order valence-corrected chi connectivity index (χ3v) is 4.12. The number of aryl methyl sites for hydroxylation is 1. The zero-order valence-electron chi connectivity index (χ0n) is 11.8. The summed E-state index contributed by atoms with van der Waals surface area (Å²) in [5, 5.41) is 8.66. The molecule has 0 heterocycles. The average Bonchev–Trinajstić information content (AvgIpc) is 2.46. The molecule has 0 bridgehead atoms. The summed E-state index contributed by atoms with van der Waals surface area (Å²) in [6.45, 7) is 2.50. The number of hydrogen-bond donors (Lipinski definition) is 1. The van der Waals surface area contributed by atoms with Gasteiger partial charge in [0.05, 0.1) is 8.95 Å². The first kappa shape index (κ1) is 16.8. The Morgan fingerprint density at radius 1 is 1.18 bits per heavy atom. The molecule has 1 N–H and O–H groups in total. The zero-order chi connectivity index (χ0) is 16.1. The number of carboxylic acid groups (broad SMARTS) is 1. The van der Waals surface area contributed by atoms with E-state index in [9.17, 15) is 4.79 Å². The second-order valence-electron chi connectivity index (χ2n) is 4.76. The second kappa shape index (κ2) is 7.61. The van der Waals surface area contributed by atoms with E-state index >= 15 is 0 Å². The molecule has 2 rings (SSSR count). The molecule has 0 fully saturated rings. The Balaban J connectivity index is 2.14. The monoisotopic (exact) mass is 424 g/mol. The Labute approximate surface area is 145 Å². The normalized spacial score (nSPS) is 10.9. The maximum atomic E-state index is 10.6. The summed E-state index contributed by atoms with van der Waals surface area (Å²) in [7, 11) is 0. The summed E-state index contributed by atoms with van der Waals surface area (Å²) in [5.74, 6) is -0.292. The number of halogens is 2. The van der Waals surface area contributed by atoms with Gasteiger partial charge in [-0.1, -0.05) is 29.8 Å². The molecular formula is C17H14Br2O3. The van der Waals surface area contributed by atoms with Crippen molar-refractivity contribution < 1.29 is 14.6 Å². The van der Waals surface area contributed by atoms with Gasteiger partial charge < -0.3 is 9.84 Å². The van der Waals surface area contributed by atoms with Gasteiger partial charge in [-0.05, 0) is 68.1 Å². The molecule has 3 nitrogen and oxygen atoms in total. The Hall–Kier alpha value is -1.59. The molecule has 2 aromatic carbocycles. The van der Waals surface area contributed by atoms with Gasteiger partial charge in [0, 0.05) is 6.08 Å². The van der Waals surface area contributed by atoms with Crippen molar-refractivity contribution in [2.45, 2.75) is 13.5 Å². The number of benzene rings is 2. The standard InChI is InChI=1S/C17H14Br2O3/c1-11-2-4-12(5-3-11)10-22-17-14(18)8-13(9-15(17)19)6-7-16(20)21/h2-9H,10H2,1H3,(H,20,21). The van der Waals surface area contributed by atoms with Crippen LogP contribution in [-0.2, 0) is 11.4 Å². The molecular weight excluding hydrogens is 412 g/mol. The highest BCUT2D eigenvalue weighted by molar-refractivity contribution is 9.11. The second-order valence-corrected chi connectivity index (χ2v) is 6.47. The van der Waals surface area contributed by atoms with Gasteiger partial charge >= 0.3 is 5.97 Å². The number of carboxylic acids is 1. The fourth-order valence-corrected chi connectivity index (χ4v) is 3.27. The topological polar surface area (TPSA) is 46.5 Å². The maximum absolute atomic E-state index is 10.6. The lowest BCUT2D eigenvalue weighted by molar-refractivity contribution is -0.131.